The molecule has 1 aliphatic rings. The van der Waals surface area contributed by atoms with Gasteiger partial charge in [-0.05, 0) is 30.7 Å². The van der Waals surface area contributed by atoms with Crippen molar-refractivity contribution >= 4 is 27.2 Å². The summed E-state index contributed by atoms with van der Waals surface area (Å²) in [4.78, 5) is 11.5. The minimum atomic E-state index is 0.622. The van der Waals surface area contributed by atoms with Crippen LogP contribution in [0.2, 0.25) is 0 Å². The molecule has 0 aliphatic heterocycles. The van der Waals surface area contributed by atoms with E-state index in [2.05, 4.69) is 22.0 Å². The fourth-order valence-corrected chi connectivity index (χ4v) is 4.12. The average molecular weight is 244 g/mol. The lowest BCUT2D eigenvalue weighted by Crippen LogP contribution is -2.04. The van der Waals surface area contributed by atoms with Gasteiger partial charge in [-0.2, -0.15) is 5.10 Å². The van der Waals surface area contributed by atoms with Gasteiger partial charge in [0.25, 0.3) is 0 Å². The molecule has 0 aromatic carbocycles. The predicted molar refractivity (Wildman–Crippen MR) is 67.5 cm³/mol. The summed E-state index contributed by atoms with van der Waals surface area (Å²) in [7, 11) is 0. The summed E-state index contributed by atoms with van der Waals surface area (Å²) in [6.45, 7) is 2.31. The van der Waals surface area contributed by atoms with E-state index in [4.69, 9.17) is 0 Å². The first-order chi connectivity index (χ1) is 8.34. The fourth-order valence-electron chi connectivity index (χ4n) is 2.83. The summed E-state index contributed by atoms with van der Waals surface area (Å²) in [5, 5.41) is 5.40. The normalized spacial score (nSPS) is 19.9. The summed E-state index contributed by atoms with van der Waals surface area (Å²) in [6.07, 6.45) is 7.13. The second-order valence-corrected chi connectivity index (χ2v) is 5.77. The van der Waals surface area contributed by atoms with Crippen molar-refractivity contribution in [2.45, 2.75) is 32.1 Å². The van der Waals surface area contributed by atoms with E-state index in [1.807, 2.05) is 11.3 Å². The average Bonchev–Trinajstić information content (AvgIpc) is 2.91. The fraction of sp³-hybridized carbons (Fsp3) is 0.417. The molecule has 86 valence electrons. The Morgan fingerprint density at radius 2 is 2.35 bits per heavy atom. The number of aryl methyl sites for hydroxylation is 1. The summed E-state index contributed by atoms with van der Waals surface area (Å²) in [5.41, 5.74) is 2.43. The summed E-state index contributed by atoms with van der Waals surface area (Å²) in [5.74, 6) is 0.622. The summed E-state index contributed by atoms with van der Waals surface area (Å²) >= 11 is 1.83. The third-order valence-electron chi connectivity index (χ3n) is 3.62. The van der Waals surface area contributed by atoms with Crippen LogP contribution in [0, 0.1) is 0 Å². The first kappa shape index (κ1) is 9.53. The van der Waals surface area contributed by atoms with Crippen LogP contribution in [0.4, 0.5) is 0 Å². The zero-order valence-electron chi connectivity index (χ0n) is 9.55. The van der Waals surface area contributed by atoms with Crippen molar-refractivity contribution in [3.8, 4) is 0 Å². The van der Waals surface area contributed by atoms with Crippen molar-refractivity contribution in [2.75, 3.05) is 0 Å². The van der Waals surface area contributed by atoms with Crippen LogP contribution in [0.25, 0.3) is 15.9 Å². The summed E-state index contributed by atoms with van der Waals surface area (Å²) < 4.78 is 1.77. The molecule has 17 heavy (non-hydrogen) atoms. The molecule has 4 nitrogen and oxygen atoms in total. The first-order valence-corrected chi connectivity index (χ1v) is 6.76. The zero-order chi connectivity index (χ0) is 11.4. The third kappa shape index (κ3) is 1.20. The second kappa shape index (κ2) is 3.26. The number of aromatic nitrogens is 4. The Morgan fingerprint density at radius 3 is 3.29 bits per heavy atom. The molecule has 0 spiro atoms. The number of hydrogen-bond acceptors (Lipinski definition) is 4. The molecule has 5 heteroatoms. The van der Waals surface area contributed by atoms with Gasteiger partial charge in [0, 0.05) is 4.88 Å². The Morgan fingerprint density at radius 1 is 1.41 bits per heavy atom. The van der Waals surface area contributed by atoms with Crippen molar-refractivity contribution in [1.29, 1.82) is 0 Å². The molecule has 1 aliphatic carbocycles. The van der Waals surface area contributed by atoms with Crippen LogP contribution >= 0.6 is 11.3 Å². The van der Waals surface area contributed by atoms with Crippen LogP contribution in [0.1, 0.15) is 36.1 Å². The SMILES string of the molecule is C[C@@H]1CCCc2sc3ncn4ncnc4c3c21. The van der Waals surface area contributed by atoms with Gasteiger partial charge in [-0.1, -0.05) is 6.92 Å². The van der Waals surface area contributed by atoms with Gasteiger partial charge in [-0.15, -0.1) is 11.3 Å². The van der Waals surface area contributed by atoms with Gasteiger partial charge >= 0.3 is 0 Å². The molecular formula is C12H12N4S. The lowest BCUT2D eigenvalue weighted by atomic mass is 9.87. The van der Waals surface area contributed by atoms with Crippen LogP contribution < -0.4 is 0 Å². The first-order valence-electron chi connectivity index (χ1n) is 5.94. The molecule has 3 aromatic heterocycles. The van der Waals surface area contributed by atoms with Crippen molar-refractivity contribution < 1.29 is 0 Å². The third-order valence-corrected chi connectivity index (χ3v) is 4.79. The van der Waals surface area contributed by atoms with Crippen LogP contribution in [-0.4, -0.2) is 19.6 Å². The molecule has 0 bridgehead atoms. The number of hydrogen-bond donors (Lipinski definition) is 0. The number of thiophene rings is 1. The van der Waals surface area contributed by atoms with Gasteiger partial charge in [0.15, 0.2) is 5.65 Å². The summed E-state index contributed by atoms with van der Waals surface area (Å²) in [6, 6.07) is 0. The highest BCUT2D eigenvalue weighted by Crippen LogP contribution is 2.42. The van der Waals surface area contributed by atoms with E-state index in [0.717, 1.165) is 10.5 Å². The maximum Gasteiger partial charge on any atom is 0.167 e. The van der Waals surface area contributed by atoms with E-state index in [0.29, 0.717) is 5.92 Å². The van der Waals surface area contributed by atoms with Crippen LogP contribution in [-0.2, 0) is 6.42 Å². The number of nitrogens with zero attached hydrogens (tertiary/aromatic N) is 4. The largest absolute Gasteiger partial charge is 0.225 e. The molecule has 0 saturated heterocycles. The van der Waals surface area contributed by atoms with E-state index in [9.17, 15) is 0 Å². The molecule has 0 saturated carbocycles. The topological polar surface area (TPSA) is 43.1 Å². The molecule has 4 rings (SSSR count). The maximum atomic E-state index is 4.50. The van der Waals surface area contributed by atoms with Crippen molar-refractivity contribution in [1.82, 2.24) is 19.6 Å². The Bertz CT molecular complexity index is 712. The van der Waals surface area contributed by atoms with Crippen LogP contribution in [0.5, 0.6) is 0 Å². The van der Waals surface area contributed by atoms with E-state index in [1.165, 1.54) is 35.1 Å². The Kier molecular flexibility index (Phi) is 1.83. The van der Waals surface area contributed by atoms with E-state index >= 15 is 0 Å². The van der Waals surface area contributed by atoms with E-state index in [1.54, 1.807) is 17.2 Å². The maximum absolute atomic E-state index is 4.50. The van der Waals surface area contributed by atoms with Crippen molar-refractivity contribution in [3.05, 3.63) is 23.1 Å². The highest BCUT2D eigenvalue weighted by molar-refractivity contribution is 7.19. The molecule has 0 fully saturated rings. The molecular weight excluding hydrogens is 232 g/mol. The zero-order valence-corrected chi connectivity index (χ0v) is 10.4. The smallest absolute Gasteiger partial charge is 0.167 e. The van der Waals surface area contributed by atoms with Gasteiger partial charge in [0.2, 0.25) is 0 Å². The molecule has 3 aromatic rings. The Balaban J connectivity index is 2.21. The predicted octanol–water partition coefficient (Wildman–Crippen LogP) is 2.78. The highest BCUT2D eigenvalue weighted by atomic mass is 32.1. The minimum absolute atomic E-state index is 0.622. The lowest BCUT2D eigenvalue weighted by Gasteiger charge is -2.18. The minimum Gasteiger partial charge on any atom is -0.225 e. The van der Waals surface area contributed by atoms with Gasteiger partial charge < -0.3 is 0 Å². The molecule has 0 N–H and O–H groups in total. The van der Waals surface area contributed by atoms with E-state index < -0.39 is 0 Å². The van der Waals surface area contributed by atoms with Crippen LogP contribution in [0.3, 0.4) is 0 Å². The lowest BCUT2D eigenvalue weighted by molar-refractivity contribution is 0.602. The van der Waals surface area contributed by atoms with Crippen molar-refractivity contribution in [2.24, 2.45) is 0 Å². The van der Waals surface area contributed by atoms with Crippen molar-refractivity contribution in [3.63, 3.8) is 0 Å². The molecule has 3 heterocycles. The number of rotatable bonds is 0. The van der Waals surface area contributed by atoms with Crippen LogP contribution in [0.15, 0.2) is 12.7 Å². The standard InChI is InChI=1S/C12H12N4S/c1-7-3-2-4-8-9(7)10-11-13-5-15-16(11)6-14-12(10)17-8/h5-7H,2-4H2,1H3/t7-/m1/s1. The second-order valence-electron chi connectivity index (χ2n) is 4.69. The van der Waals surface area contributed by atoms with Gasteiger partial charge in [-0.3, -0.25) is 0 Å². The Labute approximate surface area is 102 Å². The quantitative estimate of drug-likeness (QED) is 0.610. The molecule has 0 radical (unpaired) electrons. The van der Waals surface area contributed by atoms with Gasteiger partial charge in [-0.25, -0.2) is 14.5 Å². The van der Waals surface area contributed by atoms with Gasteiger partial charge in [0.05, 0.1) is 5.39 Å². The molecule has 0 amide bonds. The molecule has 0 unspecified atom stereocenters. The molecule has 1 atom stereocenters. The van der Waals surface area contributed by atoms with E-state index in [-0.39, 0.29) is 0 Å². The Hall–Kier alpha value is -1.49. The van der Waals surface area contributed by atoms with Gasteiger partial charge in [0.1, 0.15) is 17.5 Å². The highest BCUT2D eigenvalue weighted by Gasteiger charge is 2.24. The number of fused-ring (bicyclic) bond motifs is 5. The monoisotopic (exact) mass is 244 g/mol.